The van der Waals surface area contributed by atoms with E-state index in [1.807, 2.05) is 5.43 Å². The van der Waals surface area contributed by atoms with Crippen molar-refractivity contribution in [2.45, 2.75) is 16.0 Å². The molecule has 0 aliphatic carbocycles. The van der Waals surface area contributed by atoms with Crippen LogP contribution in [-0.4, -0.2) is 8.42 Å². The summed E-state index contributed by atoms with van der Waals surface area (Å²) in [6.45, 7) is 0. The topological polar surface area (TPSA) is 72.2 Å². The molecule has 0 aliphatic heterocycles. The van der Waals surface area contributed by atoms with Gasteiger partial charge in [-0.3, -0.25) is 5.84 Å². The quantitative estimate of drug-likeness (QED) is 0.675. The van der Waals surface area contributed by atoms with E-state index in [0.29, 0.717) is 6.07 Å². The van der Waals surface area contributed by atoms with Crippen molar-refractivity contribution in [1.82, 2.24) is 0 Å². The first kappa shape index (κ1) is 15.3. The fourth-order valence-electron chi connectivity index (χ4n) is 1.79. The number of alkyl halides is 3. The molecule has 0 atom stereocenters. The summed E-state index contributed by atoms with van der Waals surface area (Å²) in [6.07, 6.45) is -4.72. The first-order valence-electron chi connectivity index (χ1n) is 5.75. The monoisotopic (exact) mass is 316 g/mol. The molecule has 0 amide bonds. The van der Waals surface area contributed by atoms with Crippen molar-refractivity contribution in [3.8, 4) is 0 Å². The van der Waals surface area contributed by atoms with Crippen molar-refractivity contribution in [2.24, 2.45) is 5.84 Å². The van der Waals surface area contributed by atoms with Crippen LogP contribution in [0.1, 0.15) is 5.56 Å². The predicted octanol–water partition coefficient (Wildman–Crippen LogP) is 2.82. The van der Waals surface area contributed by atoms with Crippen LogP contribution in [-0.2, 0) is 16.0 Å². The smallest absolute Gasteiger partial charge is 0.324 e. The number of nitrogens with one attached hydrogen (secondary N) is 1. The molecular weight excluding hydrogens is 305 g/mol. The van der Waals surface area contributed by atoms with Gasteiger partial charge in [0.2, 0.25) is 9.84 Å². The summed E-state index contributed by atoms with van der Waals surface area (Å²) in [5.41, 5.74) is 0.375. The lowest BCUT2D eigenvalue weighted by Gasteiger charge is -2.14. The van der Waals surface area contributed by atoms with Gasteiger partial charge >= 0.3 is 6.18 Å². The maximum absolute atomic E-state index is 12.9. The van der Waals surface area contributed by atoms with Crippen LogP contribution in [0.4, 0.5) is 18.9 Å². The highest BCUT2D eigenvalue weighted by molar-refractivity contribution is 7.91. The summed E-state index contributed by atoms with van der Waals surface area (Å²) >= 11 is 0. The molecule has 0 saturated heterocycles. The summed E-state index contributed by atoms with van der Waals surface area (Å²) in [6, 6.07) is 9.86. The standard InChI is InChI=1S/C13H11F3N2O2S/c14-13(15,16)11-8-10(6-7-12(11)18-17)21(19,20)9-4-2-1-3-5-9/h1-8,18H,17H2. The Morgan fingerprint density at radius 3 is 2.10 bits per heavy atom. The Hall–Kier alpha value is -2.06. The summed E-state index contributed by atoms with van der Waals surface area (Å²) in [7, 11) is -4.02. The van der Waals surface area contributed by atoms with Gasteiger partial charge in [0, 0.05) is 0 Å². The molecule has 3 N–H and O–H groups in total. The SMILES string of the molecule is NNc1ccc(S(=O)(=O)c2ccccc2)cc1C(F)(F)F. The molecule has 2 aromatic rings. The number of nitrogen functional groups attached to an aromatic ring is 1. The van der Waals surface area contributed by atoms with E-state index < -0.39 is 32.2 Å². The van der Waals surface area contributed by atoms with Crippen LogP contribution >= 0.6 is 0 Å². The molecule has 2 aromatic carbocycles. The summed E-state index contributed by atoms with van der Waals surface area (Å²) in [5, 5.41) is 0. The van der Waals surface area contributed by atoms with Crippen molar-refractivity contribution < 1.29 is 21.6 Å². The molecule has 8 heteroatoms. The molecule has 21 heavy (non-hydrogen) atoms. The second-order valence-electron chi connectivity index (χ2n) is 4.17. The zero-order chi connectivity index (χ0) is 15.7. The molecule has 0 aromatic heterocycles. The highest BCUT2D eigenvalue weighted by Gasteiger charge is 2.35. The number of hydrazine groups is 1. The number of nitrogens with two attached hydrogens (primary N) is 1. The summed E-state index contributed by atoms with van der Waals surface area (Å²) < 4.78 is 63.3. The minimum Gasteiger partial charge on any atom is -0.324 e. The Bertz CT molecular complexity index is 744. The van der Waals surface area contributed by atoms with Gasteiger partial charge in [-0.05, 0) is 30.3 Å². The van der Waals surface area contributed by atoms with Crippen molar-refractivity contribution in [3.63, 3.8) is 0 Å². The minimum atomic E-state index is -4.72. The Kier molecular flexibility index (Phi) is 3.93. The number of benzene rings is 2. The number of rotatable bonds is 3. The third-order valence-electron chi connectivity index (χ3n) is 2.82. The van der Waals surface area contributed by atoms with Crippen LogP contribution in [0.2, 0.25) is 0 Å². The van der Waals surface area contributed by atoms with Crippen LogP contribution in [0.5, 0.6) is 0 Å². The van der Waals surface area contributed by atoms with Crippen molar-refractivity contribution in [2.75, 3.05) is 5.43 Å². The summed E-state index contributed by atoms with van der Waals surface area (Å²) in [4.78, 5) is -0.522. The van der Waals surface area contributed by atoms with E-state index in [1.165, 1.54) is 24.3 Å². The maximum Gasteiger partial charge on any atom is 0.418 e. The Balaban J connectivity index is 2.61. The van der Waals surface area contributed by atoms with Crippen LogP contribution in [0, 0.1) is 0 Å². The molecule has 0 spiro atoms. The molecule has 0 heterocycles. The second-order valence-corrected chi connectivity index (χ2v) is 6.12. The van der Waals surface area contributed by atoms with Gasteiger partial charge < -0.3 is 5.43 Å². The molecule has 2 rings (SSSR count). The fourth-order valence-corrected chi connectivity index (χ4v) is 3.09. The van der Waals surface area contributed by atoms with E-state index in [9.17, 15) is 21.6 Å². The highest BCUT2D eigenvalue weighted by Crippen LogP contribution is 2.36. The second kappa shape index (κ2) is 5.38. The lowest BCUT2D eigenvalue weighted by atomic mass is 10.2. The van der Waals surface area contributed by atoms with Gasteiger partial charge in [0.25, 0.3) is 0 Å². The van der Waals surface area contributed by atoms with E-state index >= 15 is 0 Å². The highest BCUT2D eigenvalue weighted by atomic mass is 32.2. The fraction of sp³-hybridized carbons (Fsp3) is 0.0769. The maximum atomic E-state index is 12.9. The zero-order valence-electron chi connectivity index (χ0n) is 10.6. The van der Waals surface area contributed by atoms with Crippen molar-refractivity contribution >= 4 is 15.5 Å². The summed E-state index contributed by atoms with van der Waals surface area (Å²) in [5.74, 6) is 5.02. The normalized spacial score (nSPS) is 12.2. The average Bonchev–Trinajstić information content (AvgIpc) is 2.46. The lowest BCUT2D eigenvalue weighted by Crippen LogP contribution is -2.16. The van der Waals surface area contributed by atoms with Gasteiger partial charge in [-0.15, -0.1) is 0 Å². The first-order chi connectivity index (χ1) is 9.76. The van der Waals surface area contributed by atoms with Crippen LogP contribution < -0.4 is 11.3 Å². The van der Waals surface area contributed by atoms with Gasteiger partial charge in [0.05, 0.1) is 21.0 Å². The van der Waals surface area contributed by atoms with Crippen molar-refractivity contribution in [3.05, 3.63) is 54.1 Å². The predicted molar refractivity (Wildman–Crippen MR) is 71.1 cm³/mol. The number of halogens is 3. The molecule has 112 valence electrons. The van der Waals surface area contributed by atoms with E-state index in [4.69, 9.17) is 5.84 Å². The van der Waals surface area contributed by atoms with Crippen LogP contribution in [0.3, 0.4) is 0 Å². The Labute approximate surface area is 119 Å². The van der Waals surface area contributed by atoms with E-state index in [2.05, 4.69) is 0 Å². The molecule has 0 saturated carbocycles. The van der Waals surface area contributed by atoms with Crippen LogP contribution in [0.15, 0.2) is 58.3 Å². The molecule has 0 bridgehead atoms. The van der Waals surface area contributed by atoms with Gasteiger partial charge in [-0.25, -0.2) is 8.42 Å². The first-order valence-corrected chi connectivity index (χ1v) is 7.23. The van der Waals surface area contributed by atoms with Gasteiger partial charge in [-0.2, -0.15) is 13.2 Å². The Morgan fingerprint density at radius 2 is 1.57 bits per heavy atom. The largest absolute Gasteiger partial charge is 0.418 e. The molecule has 0 unspecified atom stereocenters. The van der Waals surface area contributed by atoms with E-state index in [-0.39, 0.29) is 4.90 Å². The zero-order valence-corrected chi connectivity index (χ0v) is 11.4. The van der Waals surface area contributed by atoms with Crippen LogP contribution in [0.25, 0.3) is 0 Å². The lowest BCUT2D eigenvalue weighted by molar-refractivity contribution is -0.137. The molecule has 0 fully saturated rings. The van der Waals surface area contributed by atoms with E-state index in [1.54, 1.807) is 6.07 Å². The molecule has 0 aliphatic rings. The minimum absolute atomic E-state index is 0.0772. The number of anilines is 1. The third-order valence-corrected chi connectivity index (χ3v) is 4.58. The van der Waals surface area contributed by atoms with Gasteiger partial charge in [0.1, 0.15) is 0 Å². The third kappa shape index (κ3) is 3.01. The van der Waals surface area contributed by atoms with Gasteiger partial charge in [0.15, 0.2) is 0 Å². The molecule has 0 radical (unpaired) electrons. The molecular formula is C13H11F3N2O2S. The molecule has 4 nitrogen and oxygen atoms in total. The Morgan fingerprint density at radius 1 is 0.952 bits per heavy atom. The van der Waals surface area contributed by atoms with Gasteiger partial charge in [-0.1, -0.05) is 18.2 Å². The number of sulfone groups is 1. The number of hydrogen-bond donors (Lipinski definition) is 2. The number of hydrogen-bond acceptors (Lipinski definition) is 4. The van der Waals surface area contributed by atoms with E-state index in [0.717, 1.165) is 12.1 Å². The average molecular weight is 316 g/mol. The van der Waals surface area contributed by atoms with Crippen molar-refractivity contribution in [1.29, 1.82) is 0 Å².